The van der Waals surface area contributed by atoms with E-state index in [1.165, 1.54) is 32.1 Å². The molecule has 0 saturated heterocycles. The van der Waals surface area contributed by atoms with Gasteiger partial charge in [-0.2, -0.15) is 0 Å². The molecule has 0 spiro atoms. The highest BCUT2D eigenvalue weighted by molar-refractivity contribution is 14.0. The summed E-state index contributed by atoms with van der Waals surface area (Å²) in [5, 5.41) is 6.81. The van der Waals surface area contributed by atoms with Crippen LogP contribution in [0.4, 0.5) is 0 Å². The van der Waals surface area contributed by atoms with Crippen molar-refractivity contribution in [2.75, 3.05) is 47.1 Å². The maximum absolute atomic E-state index is 5.44. The predicted octanol–water partition coefficient (Wildman–Crippen LogP) is 3.04. The van der Waals surface area contributed by atoms with Crippen molar-refractivity contribution in [3.63, 3.8) is 0 Å². The third-order valence-electron chi connectivity index (χ3n) is 4.52. The molecule has 1 rings (SSSR count). The van der Waals surface area contributed by atoms with Crippen LogP contribution in [-0.4, -0.2) is 53.0 Å². The SMILES string of the molecule is CCC1CCC(CNC(=NC)NCCCOCCOC)CC1.I. The number of ether oxygens (including phenoxy) is 2. The molecule has 5 nitrogen and oxygen atoms in total. The van der Waals surface area contributed by atoms with E-state index < -0.39 is 0 Å². The lowest BCUT2D eigenvalue weighted by molar-refractivity contribution is 0.0698. The van der Waals surface area contributed by atoms with Crippen LogP contribution in [0.15, 0.2) is 4.99 Å². The quantitative estimate of drug-likeness (QED) is 0.237. The van der Waals surface area contributed by atoms with E-state index in [-0.39, 0.29) is 24.0 Å². The van der Waals surface area contributed by atoms with Gasteiger partial charge in [0.1, 0.15) is 0 Å². The first kappa shape index (κ1) is 22.9. The summed E-state index contributed by atoms with van der Waals surface area (Å²) < 4.78 is 10.4. The summed E-state index contributed by atoms with van der Waals surface area (Å²) in [7, 11) is 3.52. The maximum atomic E-state index is 5.44. The highest BCUT2D eigenvalue weighted by atomic mass is 127. The van der Waals surface area contributed by atoms with E-state index in [0.717, 1.165) is 43.9 Å². The Kier molecular flexibility index (Phi) is 15.4. The van der Waals surface area contributed by atoms with E-state index in [2.05, 4.69) is 22.5 Å². The number of rotatable bonds is 10. The highest BCUT2D eigenvalue weighted by Crippen LogP contribution is 2.29. The van der Waals surface area contributed by atoms with Gasteiger partial charge in [-0.3, -0.25) is 4.99 Å². The third kappa shape index (κ3) is 11.2. The van der Waals surface area contributed by atoms with Crippen LogP contribution in [0.1, 0.15) is 45.4 Å². The molecule has 0 heterocycles. The van der Waals surface area contributed by atoms with E-state index in [9.17, 15) is 0 Å². The van der Waals surface area contributed by atoms with Crippen LogP contribution in [0.2, 0.25) is 0 Å². The normalized spacial score (nSPS) is 21.6. The van der Waals surface area contributed by atoms with E-state index in [4.69, 9.17) is 9.47 Å². The number of methoxy groups -OCH3 is 1. The van der Waals surface area contributed by atoms with Gasteiger partial charge in [-0.1, -0.05) is 26.2 Å². The van der Waals surface area contributed by atoms with Crippen molar-refractivity contribution in [2.45, 2.75) is 45.4 Å². The van der Waals surface area contributed by atoms with Crippen LogP contribution in [0.25, 0.3) is 0 Å². The molecular formula is C17H36IN3O2. The zero-order valence-corrected chi connectivity index (χ0v) is 17.4. The second kappa shape index (κ2) is 15.4. The zero-order valence-electron chi connectivity index (χ0n) is 15.1. The average molecular weight is 441 g/mol. The molecule has 0 radical (unpaired) electrons. The van der Waals surface area contributed by atoms with E-state index in [0.29, 0.717) is 13.2 Å². The molecule has 0 unspecified atom stereocenters. The Balaban J connectivity index is 0.00000484. The average Bonchev–Trinajstić information content (AvgIpc) is 2.57. The lowest BCUT2D eigenvalue weighted by Gasteiger charge is -2.28. The zero-order chi connectivity index (χ0) is 16.0. The molecular weight excluding hydrogens is 405 g/mol. The summed E-state index contributed by atoms with van der Waals surface area (Å²) in [5.74, 6) is 2.68. The molecule has 0 aromatic carbocycles. The van der Waals surface area contributed by atoms with Crippen molar-refractivity contribution < 1.29 is 9.47 Å². The van der Waals surface area contributed by atoms with Crippen LogP contribution in [0.5, 0.6) is 0 Å². The Morgan fingerprint density at radius 2 is 1.74 bits per heavy atom. The molecule has 0 aliphatic heterocycles. The fourth-order valence-electron chi connectivity index (χ4n) is 2.93. The van der Waals surface area contributed by atoms with Crippen LogP contribution in [0, 0.1) is 11.8 Å². The van der Waals surface area contributed by atoms with Crippen molar-refractivity contribution >= 4 is 29.9 Å². The number of aliphatic imine (C=N–C) groups is 1. The van der Waals surface area contributed by atoms with Gasteiger partial charge in [-0.25, -0.2) is 0 Å². The summed E-state index contributed by atoms with van der Waals surface area (Å²) in [6.45, 7) is 6.33. The molecule has 1 fully saturated rings. The first-order chi connectivity index (χ1) is 10.8. The number of nitrogens with one attached hydrogen (secondary N) is 2. The number of nitrogens with zero attached hydrogens (tertiary/aromatic N) is 1. The molecule has 0 aromatic rings. The minimum Gasteiger partial charge on any atom is -0.382 e. The molecule has 1 aliphatic carbocycles. The lowest BCUT2D eigenvalue weighted by atomic mass is 9.81. The minimum absolute atomic E-state index is 0. The van der Waals surface area contributed by atoms with Crippen LogP contribution in [-0.2, 0) is 9.47 Å². The second-order valence-corrected chi connectivity index (χ2v) is 6.13. The predicted molar refractivity (Wildman–Crippen MR) is 108 cm³/mol. The molecule has 1 aliphatic rings. The Bertz CT molecular complexity index is 296. The fraction of sp³-hybridized carbons (Fsp3) is 0.941. The maximum Gasteiger partial charge on any atom is 0.190 e. The third-order valence-corrected chi connectivity index (χ3v) is 4.52. The number of hydrogen-bond donors (Lipinski definition) is 2. The lowest BCUT2D eigenvalue weighted by Crippen LogP contribution is -2.41. The van der Waals surface area contributed by atoms with Crippen molar-refractivity contribution in [1.29, 1.82) is 0 Å². The first-order valence-corrected chi connectivity index (χ1v) is 8.81. The summed E-state index contributed by atoms with van der Waals surface area (Å²) in [5.41, 5.74) is 0. The molecule has 6 heteroatoms. The summed E-state index contributed by atoms with van der Waals surface area (Å²) in [6.07, 6.45) is 7.83. The Hall–Kier alpha value is -0.0800. The summed E-state index contributed by atoms with van der Waals surface area (Å²) in [4.78, 5) is 4.28. The summed E-state index contributed by atoms with van der Waals surface area (Å²) >= 11 is 0. The van der Waals surface area contributed by atoms with Crippen molar-refractivity contribution in [3.8, 4) is 0 Å². The van der Waals surface area contributed by atoms with Crippen molar-refractivity contribution in [2.24, 2.45) is 16.8 Å². The van der Waals surface area contributed by atoms with Crippen LogP contribution < -0.4 is 10.6 Å². The number of halogens is 1. The Morgan fingerprint density at radius 1 is 1.04 bits per heavy atom. The topological polar surface area (TPSA) is 54.9 Å². The van der Waals surface area contributed by atoms with Crippen LogP contribution in [0.3, 0.4) is 0 Å². The monoisotopic (exact) mass is 441 g/mol. The van der Waals surface area contributed by atoms with Crippen molar-refractivity contribution in [1.82, 2.24) is 10.6 Å². The van der Waals surface area contributed by atoms with Gasteiger partial charge in [0.15, 0.2) is 5.96 Å². The summed E-state index contributed by atoms with van der Waals surface area (Å²) in [6, 6.07) is 0. The van der Waals surface area contributed by atoms with Gasteiger partial charge in [0, 0.05) is 33.9 Å². The molecule has 0 bridgehead atoms. The van der Waals surface area contributed by atoms with Gasteiger partial charge >= 0.3 is 0 Å². The van der Waals surface area contributed by atoms with Gasteiger partial charge in [0.05, 0.1) is 13.2 Å². The van der Waals surface area contributed by atoms with Gasteiger partial charge < -0.3 is 20.1 Å². The molecule has 1 saturated carbocycles. The molecule has 138 valence electrons. The Morgan fingerprint density at radius 3 is 2.35 bits per heavy atom. The van der Waals surface area contributed by atoms with Gasteiger partial charge in [-0.15, -0.1) is 24.0 Å². The number of guanidine groups is 1. The first-order valence-electron chi connectivity index (χ1n) is 8.81. The highest BCUT2D eigenvalue weighted by Gasteiger charge is 2.19. The molecule has 23 heavy (non-hydrogen) atoms. The van der Waals surface area contributed by atoms with Gasteiger partial charge in [0.25, 0.3) is 0 Å². The molecule has 0 amide bonds. The largest absolute Gasteiger partial charge is 0.382 e. The minimum atomic E-state index is 0. The molecule has 0 atom stereocenters. The van der Waals surface area contributed by atoms with E-state index in [1.807, 2.05) is 7.05 Å². The fourth-order valence-corrected chi connectivity index (χ4v) is 2.93. The van der Waals surface area contributed by atoms with E-state index in [1.54, 1.807) is 7.11 Å². The molecule has 2 N–H and O–H groups in total. The van der Waals surface area contributed by atoms with Crippen LogP contribution >= 0.6 is 24.0 Å². The standard InChI is InChI=1S/C17H35N3O2.HI/c1-4-15-6-8-16(9-7-15)14-20-17(18-2)19-10-5-11-22-13-12-21-3;/h15-16H,4-14H2,1-3H3,(H2,18,19,20);1H. The number of hydrogen-bond acceptors (Lipinski definition) is 3. The van der Waals surface area contributed by atoms with Crippen molar-refractivity contribution in [3.05, 3.63) is 0 Å². The van der Waals surface area contributed by atoms with Gasteiger partial charge in [0.2, 0.25) is 0 Å². The van der Waals surface area contributed by atoms with Gasteiger partial charge in [-0.05, 0) is 31.1 Å². The van der Waals surface area contributed by atoms with E-state index >= 15 is 0 Å². The molecule has 0 aromatic heterocycles. The Labute approximate surface area is 159 Å². The smallest absolute Gasteiger partial charge is 0.190 e. The second-order valence-electron chi connectivity index (χ2n) is 6.13.